The molecule has 0 spiro atoms. The summed E-state index contributed by atoms with van der Waals surface area (Å²) in [6, 6.07) is 7.80. The number of halogens is 1. The zero-order valence-electron chi connectivity index (χ0n) is 11.0. The van der Waals surface area contributed by atoms with E-state index in [-0.39, 0.29) is 18.6 Å². The lowest BCUT2D eigenvalue weighted by Crippen LogP contribution is -2.45. The van der Waals surface area contributed by atoms with Gasteiger partial charge in [-0.25, -0.2) is 0 Å². The monoisotopic (exact) mass is 374 g/mol. The molecular weight excluding hydrogens is 355 g/mol. The summed E-state index contributed by atoms with van der Waals surface area (Å²) in [5, 5.41) is 0. The van der Waals surface area contributed by atoms with Gasteiger partial charge in [-0.15, -0.1) is 0 Å². The summed E-state index contributed by atoms with van der Waals surface area (Å²) in [5.74, 6) is -0.0102. The number of benzene rings is 1. The molecule has 0 saturated carbocycles. The summed E-state index contributed by atoms with van der Waals surface area (Å²) in [4.78, 5) is 14.3. The molecule has 104 valence electrons. The van der Waals surface area contributed by atoms with Gasteiger partial charge in [0.05, 0.1) is 12.6 Å². The fourth-order valence-electron chi connectivity index (χ4n) is 2.56. The molecule has 19 heavy (non-hydrogen) atoms. The number of ether oxygens (including phenoxy) is 1. The molecule has 2 N–H and O–H groups in total. The van der Waals surface area contributed by atoms with Crippen molar-refractivity contribution in [1.82, 2.24) is 4.90 Å². The second kappa shape index (κ2) is 6.67. The fraction of sp³-hybridized carbons (Fsp3) is 0.500. The topological polar surface area (TPSA) is 55.6 Å². The lowest BCUT2D eigenvalue weighted by atomic mass is 10.0. The molecule has 1 fully saturated rings. The highest BCUT2D eigenvalue weighted by Gasteiger charge is 2.33. The second-order valence-corrected chi connectivity index (χ2v) is 5.94. The van der Waals surface area contributed by atoms with E-state index in [4.69, 9.17) is 10.5 Å². The van der Waals surface area contributed by atoms with E-state index < -0.39 is 6.04 Å². The molecule has 1 amide bonds. The SMILES string of the molecule is COCC(N)C(=O)N1CCCC1c1ccccc1I. The Morgan fingerprint density at radius 1 is 1.58 bits per heavy atom. The van der Waals surface area contributed by atoms with Crippen LogP contribution in [0.15, 0.2) is 24.3 Å². The Balaban J connectivity index is 2.17. The number of hydrogen-bond acceptors (Lipinski definition) is 3. The number of nitrogens with zero attached hydrogens (tertiary/aromatic N) is 1. The number of carbonyl (C=O) groups excluding carboxylic acids is 1. The van der Waals surface area contributed by atoms with E-state index in [0.717, 1.165) is 19.4 Å². The van der Waals surface area contributed by atoms with Crippen LogP contribution in [0.4, 0.5) is 0 Å². The molecule has 4 nitrogen and oxygen atoms in total. The van der Waals surface area contributed by atoms with E-state index in [2.05, 4.69) is 34.7 Å². The maximum absolute atomic E-state index is 12.3. The van der Waals surface area contributed by atoms with Gasteiger partial charge in [0.25, 0.3) is 0 Å². The Labute approximate surface area is 127 Å². The highest BCUT2D eigenvalue weighted by atomic mass is 127. The first kappa shape index (κ1) is 14.7. The van der Waals surface area contributed by atoms with Crippen molar-refractivity contribution >= 4 is 28.5 Å². The summed E-state index contributed by atoms with van der Waals surface area (Å²) in [6.07, 6.45) is 2.03. The highest BCUT2D eigenvalue weighted by molar-refractivity contribution is 14.1. The molecule has 0 bridgehead atoms. The Kier molecular flexibility index (Phi) is 5.18. The van der Waals surface area contributed by atoms with E-state index in [0.29, 0.717) is 0 Å². The minimum atomic E-state index is -0.563. The average molecular weight is 374 g/mol. The highest BCUT2D eigenvalue weighted by Crippen LogP contribution is 2.34. The van der Waals surface area contributed by atoms with Crippen LogP contribution in [0.25, 0.3) is 0 Å². The third-order valence-corrected chi connectivity index (χ3v) is 4.45. The lowest BCUT2D eigenvalue weighted by molar-refractivity contribution is -0.134. The molecule has 0 aliphatic carbocycles. The van der Waals surface area contributed by atoms with Gasteiger partial charge in [-0.05, 0) is 47.1 Å². The number of likely N-dealkylation sites (tertiary alicyclic amines) is 1. The normalized spacial score (nSPS) is 20.6. The van der Waals surface area contributed by atoms with Gasteiger partial charge in [0.2, 0.25) is 5.91 Å². The smallest absolute Gasteiger partial charge is 0.242 e. The second-order valence-electron chi connectivity index (χ2n) is 4.77. The van der Waals surface area contributed by atoms with Crippen molar-refractivity contribution < 1.29 is 9.53 Å². The Hall–Kier alpha value is -0.660. The summed E-state index contributed by atoms with van der Waals surface area (Å²) in [7, 11) is 1.56. The molecule has 1 aromatic carbocycles. The summed E-state index contributed by atoms with van der Waals surface area (Å²) < 4.78 is 6.17. The molecule has 1 aromatic rings. The zero-order valence-corrected chi connectivity index (χ0v) is 13.2. The number of amides is 1. The van der Waals surface area contributed by atoms with Crippen LogP contribution in [0.2, 0.25) is 0 Å². The minimum Gasteiger partial charge on any atom is -0.383 e. The summed E-state index contributed by atoms with van der Waals surface area (Å²) in [5.41, 5.74) is 7.09. The van der Waals surface area contributed by atoms with Crippen LogP contribution in [0.5, 0.6) is 0 Å². The number of carbonyl (C=O) groups is 1. The van der Waals surface area contributed by atoms with Crippen molar-refractivity contribution in [2.75, 3.05) is 20.3 Å². The van der Waals surface area contributed by atoms with Gasteiger partial charge >= 0.3 is 0 Å². The maximum Gasteiger partial charge on any atom is 0.242 e. The molecule has 1 aliphatic heterocycles. The van der Waals surface area contributed by atoms with Crippen molar-refractivity contribution in [1.29, 1.82) is 0 Å². The van der Waals surface area contributed by atoms with Crippen LogP contribution in [0.1, 0.15) is 24.4 Å². The van der Waals surface area contributed by atoms with Crippen molar-refractivity contribution in [3.8, 4) is 0 Å². The van der Waals surface area contributed by atoms with E-state index in [1.807, 2.05) is 17.0 Å². The Morgan fingerprint density at radius 2 is 2.32 bits per heavy atom. The van der Waals surface area contributed by atoms with Gasteiger partial charge in [0.1, 0.15) is 6.04 Å². The first-order valence-corrected chi connectivity index (χ1v) is 7.52. The molecule has 0 radical (unpaired) electrons. The summed E-state index contributed by atoms with van der Waals surface area (Å²) in [6.45, 7) is 1.06. The largest absolute Gasteiger partial charge is 0.383 e. The molecule has 2 atom stereocenters. The van der Waals surface area contributed by atoms with Crippen molar-refractivity contribution in [3.63, 3.8) is 0 Å². The first-order valence-electron chi connectivity index (χ1n) is 6.44. The van der Waals surface area contributed by atoms with E-state index in [9.17, 15) is 4.79 Å². The van der Waals surface area contributed by atoms with Gasteiger partial charge in [-0.3, -0.25) is 4.79 Å². The summed E-state index contributed by atoms with van der Waals surface area (Å²) >= 11 is 2.32. The van der Waals surface area contributed by atoms with Crippen LogP contribution < -0.4 is 5.73 Å². The lowest BCUT2D eigenvalue weighted by Gasteiger charge is -2.28. The molecule has 1 aliphatic rings. The van der Waals surface area contributed by atoms with Crippen LogP contribution >= 0.6 is 22.6 Å². The van der Waals surface area contributed by atoms with Crippen molar-refractivity contribution in [2.45, 2.75) is 24.9 Å². The van der Waals surface area contributed by atoms with Crippen LogP contribution in [0, 0.1) is 3.57 Å². The fourth-order valence-corrected chi connectivity index (χ4v) is 3.31. The molecule has 2 unspecified atom stereocenters. The van der Waals surface area contributed by atoms with Crippen LogP contribution in [0.3, 0.4) is 0 Å². The van der Waals surface area contributed by atoms with Gasteiger partial charge in [0.15, 0.2) is 0 Å². The molecule has 1 saturated heterocycles. The first-order chi connectivity index (χ1) is 9.15. The number of rotatable bonds is 4. The Morgan fingerprint density at radius 3 is 3.00 bits per heavy atom. The standard InChI is InChI=1S/C14H19IN2O2/c1-19-9-12(16)14(18)17-8-4-7-13(17)10-5-2-3-6-11(10)15/h2-3,5-6,12-13H,4,7-9,16H2,1H3. The quantitative estimate of drug-likeness (QED) is 0.820. The average Bonchev–Trinajstić information content (AvgIpc) is 2.87. The molecule has 5 heteroatoms. The maximum atomic E-state index is 12.3. The van der Waals surface area contributed by atoms with Gasteiger partial charge in [-0.1, -0.05) is 18.2 Å². The van der Waals surface area contributed by atoms with Gasteiger partial charge in [-0.2, -0.15) is 0 Å². The third kappa shape index (κ3) is 3.27. The predicted octanol–water partition coefficient (Wildman–Crippen LogP) is 1.93. The Bertz CT molecular complexity index is 453. The van der Waals surface area contributed by atoms with Crippen molar-refractivity contribution in [2.24, 2.45) is 5.73 Å². The number of nitrogens with two attached hydrogens (primary N) is 1. The molecule has 2 rings (SSSR count). The van der Waals surface area contributed by atoms with Crippen molar-refractivity contribution in [3.05, 3.63) is 33.4 Å². The number of methoxy groups -OCH3 is 1. The van der Waals surface area contributed by atoms with E-state index in [1.165, 1.54) is 9.13 Å². The molecule has 1 heterocycles. The molecule has 0 aromatic heterocycles. The van der Waals surface area contributed by atoms with Gasteiger partial charge in [0, 0.05) is 17.2 Å². The van der Waals surface area contributed by atoms with Crippen LogP contribution in [-0.4, -0.2) is 37.1 Å². The van der Waals surface area contributed by atoms with E-state index in [1.54, 1.807) is 7.11 Å². The predicted molar refractivity (Wildman–Crippen MR) is 82.7 cm³/mol. The minimum absolute atomic E-state index is 0.0102. The number of hydrogen-bond donors (Lipinski definition) is 1. The zero-order chi connectivity index (χ0) is 13.8. The van der Waals surface area contributed by atoms with Crippen LogP contribution in [-0.2, 0) is 9.53 Å². The van der Waals surface area contributed by atoms with Gasteiger partial charge < -0.3 is 15.4 Å². The molecular formula is C14H19IN2O2. The van der Waals surface area contributed by atoms with E-state index >= 15 is 0 Å². The third-order valence-electron chi connectivity index (χ3n) is 3.46.